The predicted molar refractivity (Wildman–Crippen MR) is 327 cm³/mol. The number of carbonyl (C=O) groups excluding carboxylic acids is 2. The van der Waals surface area contributed by atoms with E-state index in [9.17, 15) is 19.2 Å². The standard InChI is InChI=1S/C29H24N2O2.C23H18BrNO.C11H20O2.C6H7NO/c1-20-18-24-15-16-25(33-27-14-9-17-30-21(27)2)19-26(24)29(32)31(20)28(22-10-5-3-6-11-22)23-12-7-4-8-13-23;1-16-14-19-12-13-20(24)15-21(19)23(26)25(16)22(17-8-4-2-5-9-17)18-10-6-3-7-11-18;1-10(2,3)8(12)7-9(13)11(4,5)6;1-5-6(8)3-2-4-7-5/h3-19,28H,1-2H3;2-15,22H,1H3;7H2,1-6H3;2-4,8H,1H3. The Kier molecular flexibility index (Phi) is 19.5. The zero-order valence-corrected chi connectivity index (χ0v) is 48.7. The highest BCUT2D eigenvalue weighted by molar-refractivity contribution is 9.10. The molecule has 11 heteroatoms. The van der Waals surface area contributed by atoms with Crippen molar-refractivity contribution in [2.24, 2.45) is 10.8 Å². The van der Waals surface area contributed by atoms with Crippen LogP contribution in [0.25, 0.3) is 21.5 Å². The molecule has 0 unspecified atom stereocenters. The quantitative estimate of drug-likeness (QED) is 0.134. The van der Waals surface area contributed by atoms with E-state index < -0.39 is 10.8 Å². The Morgan fingerprint density at radius 1 is 0.500 bits per heavy atom. The Morgan fingerprint density at radius 3 is 1.26 bits per heavy atom. The molecule has 0 saturated carbocycles. The number of rotatable bonds is 10. The van der Waals surface area contributed by atoms with Crippen LogP contribution in [0.3, 0.4) is 0 Å². The summed E-state index contributed by atoms with van der Waals surface area (Å²) in [5.41, 5.74) is 6.82. The van der Waals surface area contributed by atoms with Crippen LogP contribution in [0.4, 0.5) is 0 Å². The van der Waals surface area contributed by atoms with E-state index in [2.05, 4.69) is 86.6 Å². The van der Waals surface area contributed by atoms with Gasteiger partial charge in [-0.15, -0.1) is 0 Å². The monoisotopic (exact) mass is 1130 g/mol. The van der Waals surface area contributed by atoms with Crippen molar-refractivity contribution in [2.75, 3.05) is 0 Å². The number of Topliss-reactive ketones (excluding diaryl/α,β-unsaturated/α-hetero) is 2. The fourth-order valence-electron chi connectivity index (χ4n) is 8.94. The molecule has 0 atom stereocenters. The SMILES string of the molecule is CC(C)(C)C(=O)CC(=O)C(C)(C)C.Cc1cc2ccc(Br)cc2c(=O)n1C(c1ccccc1)c1ccccc1.Cc1ncccc1O.Cc1ncccc1Oc1ccc2cc(C)n(C(c3ccccc3)c3ccccc3)c(=O)c2c1. The third-order valence-electron chi connectivity index (χ3n) is 13.6. The highest BCUT2D eigenvalue weighted by atomic mass is 79.9. The van der Waals surface area contributed by atoms with Crippen LogP contribution in [-0.4, -0.2) is 35.8 Å². The number of pyridine rings is 4. The molecule has 80 heavy (non-hydrogen) atoms. The second-order valence-corrected chi connectivity index (χ2v) is 22.6. The van der Waals surface area contributed by atoms with Crippen LogP contribution >= 0.6 is 15.9 Å². The first-order valence-corrected chi connectivity index (χ1v) is 27.4. The summed E-state index contributed by atoms with van der Waals surface area (Å²) < 4.78 is 10.8. The normalized spacial score (nSPS) is 11.2. The van der Waals surface area contributed by atoms with Crippen LogP contribution in [-0.2, 0) is 9.59 Å². The smallest absolute Gasteiger partial charge is 0.259 e. The van der Waals surface area contributed by atoms with Gasteiger partial charge in [-0.25, -0.2) is 0 Å². The van der Waals surface area contributed by atoms with E-state index in [1.807, 2.05) is 193 Å². The van der Waals surface area contributed by atoms with E-state index in [0.717, 1.165) is 60.0 Å². The van der Waals surface area contributed by atoms with Crippen molar-refractivity contribution in [3.05, 3.63) is 277 Å². The molecule has 0 fully saturated rings. The van der Waals surface area contributed by atoms with Gasteiger partial charge in [0.25, 0.3) is 11.1 Å². The van der Waals surface area contributed by atoms with Crippen molar-refractivity contribution in [2.45, 2.75) is 87.7 Å². The Balaban J connectivity index is 0.000000174. The molecule has 0 spiro atoms. The number of benzene rings is 6. The Labute approximate surface area is 477 Å². The van der Waals surface area contributed by atoms with E-state index in [-0.39, 0.29) is 46.9 Å². The van der Waals surface area contributed by atoms with Crippen molar-refractivity contribution < 1.29 is 19.4 Å². The van der Waals surface area contributed by atoms with E-state index >= 15 is 0 Å². The zero-order valence-electron chi connectivity index (χ0n) is 47.1. The maximum absolute atomic E-state index is 13.9. The summed E-state index contributed by atoms with van der Waals surface area (Å²) in [4.78, 5) is 58.4. The number of carbonyl (C=O) groups is 2. The van der Waals surface area contributed by atoms with Crippen molar-refractivity contribution in [3.8, 4) is 17.2 Å². The lowest BCUT2D eigenvalue weighted by Gasteiger charge is -2.24. The first-order chi connectivity index (χ1) is 38.1. The van der Waals surface area contributed by atoms with Gasteiger partial charge in [-0.2, -0.15) is 0 Å². The summed E-state index contributed by atoms with van der Waals surface area (Å²) in [6, 6.07) is 63.0. The fourth-order valence-corrected chi connectivity index (χ4v) is 9.30. The number of ether oxygens (including phenoxy) is 1. The maximum atomic E-state index is 13.9. The fraction of sp³-hybridized carbons (Fsp3) is 0.217. The average molecular weight is 1130 g/mol. The van der Waals surface area contributed by atoms with Gasteiger partial charge in [-0.1, -0.05) is 191 Å². The highest BCUT2D eigenvalue weighted by Crippen LogP contribution is 2.32. The number of fused-ring (bicyclic) bond motifs is 2. The Morgan fingerprint density at radius 2 is 0.887 bits per heavy atom. The summed E-state index contributed by atoms with van der Waals surface area (Å²) in [7, 11) is 0. The van der Waals surface area contributed by atoms with E-state index in [1.165, 1.54) is 0 Å². The molecule has 10 aromatic rings. The first-order valence-electron chi connectivity index (χ1n) is 26.6. The molecule has 0 saturated heterocycles. The lowest BCUT2D eigenvalue weighted by Crippen LogP contribution is -2.28. The van der Waals surface area contributed by atoms with Crippen LogP contribution in [0.5, 0.6) is 17.2 Å². The lowest BCUT2D eigenvalue weighted by atomic mass is 9.82. The number of aromatic nitrogens is 4. The summed E-state index contributed by atoms with van der Waals surface area (Å²) in [6.45, 7) is 18.7. The molecule has 6 aromatic carbocycles. The molecule has 0 radical (unpaired) electrons. The number of aromatic hydroxyl groups is 1. The van der Waals surface area contributed by atoms with Crippen molar-refractivity contribution >= 4 is 49.0 Å². The Hall–Kier alpha value is -8.54. The molecule has 0 amide bonds. The second kappa shape index (κ2) is 26.4. The predicted octanol–water partition coefficient (Wildman–Crippen LogP) is 15.9. The maximum Gasteiger partial charge on any atom is 0.259 e. The molecule has 0 aliphatic heterocycles. The molecular formula is C69H69BrN4O6. The third-order valence-corrected chi connectivity index (χ3v) is 14.1. The number of halogens is 1. The molecule has 4 heterocycles. The van der Waals surface area contributed by atoms with E-state index in [4.69, 9.17) is 9.84 Å². The largest absolute Gasteiger partial charge is 0.506 e. The van der Waals surface area contributed by atoms with Crippen LogP contribution in [0.2, 0.25) is 0 Å². The van der Waals surface area contributed by atoms with Gasteiger partial charge in [0.15, 0.2) is 0 Å². The average Bonchev–Trinajstić information content (AvgIpc) is 3.47. The van der Waals surface area contributed by atoms with Gasteiger partial charge in [0, 0.05) is 44.5 Å². The Bertz CT molecular complexity index is 3720. The lowest BCUT2D eigenvalue weighted by molar-refractivity contribution is -0.135. The highest BCUT2D eigenvalue weighted by Gasteiger charge is 2.29. The molecule has 10 nitrogen and oxygen atoms in total. The van der Waals surface area contributed by atoms with Gasteiger partial charge in [0.2, 0.25) is 0 Å². The molecule has 0 aliphatic rings. The van der Waals surface area contributed by atoms with Crippen molar-refractivity contribution in [3.63, 3.8) is 0 Å². The summed E-state index contributed by atoms with van der Waals surface area (Å²) >= 11 is 3.49. The van der Waals surface area contributed by atoms with Gasteiger partial charge < -0.3 is 19.0 Å². The summed E-state index contributed by atoms with van der Waals surface area (Å²) in [5, 5.41) is 12.1. The van der Waals surface area contributed by atoms with E-state index in [1.54, 1.807) is 31.5 Å². The molecular weight excluding hydrogens is 1060 g/mol. The van der Waals surface area contributed by atoms with Crippen LogP contribution in [0, 0.1) is 38.5 Å². The van der Waals surface area contributed by atoms with Crippen LogP contribution < -0.4 is 15.9 Å². The molecule has 408 valence electrons. The minimum Gasteiger partial charge on any atom is -0.506 e. The number of nitrogens with zero attached hydrogens (tertiary/aromatic N) is 4. The van der Waals surface area contributed by atoms with Gasteiger partial charge in [0.1, 0.15) is 28.8 Å². The molecule has 0 bridgehead atoms. The van der Waals surface area contributed by atoms with Crippen molar-refractivity contribution in [1.29, 1.82) is 0 Å². The van der Waals surface area contributed by atoms with Crippen LogP contribution in [0.1, 0.15) is 105 Å². The van der Waals surface area contributed by atoms with Gasteiger partial charge in [-0.3, -0.25) is 29.1 Å². The first kappa shape index (κ1) is 59.1. The summed E-state index contributed by atoms with van der Waals surface area (Å²) in [5.74, 6) is 1.59. The number of hydrogen-bond acceptors (Lipinski definition) is 8. The number of hydrogen-bond donors (Lipinski definition) is 1. The number of ketones is 2. The second-order valence-electron chi connectivity index (χ2n) is 21.7. The van der Waals surface area contributed by atoms with Gasteiger partial charge in [0.05, 0.1) is 35.3 Å². The van der Waals surface area contributed by atoms with Crippen molar-refractivity contribution in [1.82, 2.24) is 19.1 Å². The van der Waals surface area contributed by atoms with E-state index in [0.29, 0.717) is 22.6 Å². The molecule has 4 aromatic heterocycles. The van der Waals surface area contributed by atoms with Crippen LogP contribution in [0.15, 0.2) is 221 Å². The zero-order chi connectivity index (χ0) is 57.7. The number of aryl methyl sites for hydroxylation is 4. The topological polar surface area (TPSA) is 133 Å². The molecule has 10 rings (SSSR count). The minimum absolute atomic E-state index is 0.0208. The molecule has 0 aliphatic carbocycles. The van der Waals surface area contributed by atoms with Gasteiger partial charge >= 0.3 is 0 Å². The van der Waals surface area contributed by atoms with Gasteiger partial charge in [-0.05, 0) is 121 Å². The molecule has 1 N–H and O–H groups in total. The minimum atomic E-state index is -0.402. The third kappa shape index (κ3) is 15.0. The summed E-state index contributed by atoms with van der Waals surface area (Å²) in [6.07, 6.45) is 3.44.